The van der Waals surface area contributed by atoms with Crippen molar-refractivity contribution in [3.8, 4) is 0 Å². The Bertz CT molecular complexity index is 786. The monoisotopic (exact) mass is 334 g/mol. The van der Waals surface area contributed by atoms with E-state index in [1.807, 2.05) is 6.07 Å². The van der Waals surface area contributed by atoms with Gasteiger partial charge in [-0.25, -0.2) is 0 Å². The van der Waals surface area contributed by atoms with E-state index in [0.717, 1.165) is 15.7 Å². The predicted molar refractivity (Wildman–Crippen MR) is 80.5 cm³/mol. The summed E-state index contributed by atoms with van der Waals surface area (Å²) in [5, 5.41) is 17.3. The number of aryl methyl sites for hydroxylation is 1. The lowest BCUT2D eigenvalue weighted by molar-refractivity contribution is -0.742. The topological polar surface area (TPSA) is 76.3 Å². The van der Waals surface area contributed by atoms with Gasteiger partial charge < -0.3 is 5.21 Å². The lowest BCUT2D eigenvalue weighted by Crippen LogP contribution is -1.87. The van der Waals surface area contributed by atoms with E-state index in [9.17, 15) is 0 Å². The summed E-state index contributed by atoms with van der Waals surface area (Å²) in [6, 6.07) is 14.6. The summed E-state index contributed by atoms with van der Waals surface area (Å²) in [5.41, 5.74) is 2.14. The molecule has 3 aromatic rings. The molecule has 1 N–H and O–H groups in total. The SMILES string of the molecule is Cc1nc2ccc(Br)cc2c2ccccc12.O=[N+]([O-])O. The van der Waals surface area contributed by atoms with Crippen molar-refractivity contribution < 1.29 is 10.3 Å². The molecule has 1 aromatic heterocycles. The van der Waals surface area contributed by atoms with E-state index < -0.39 is 5.09 Å². The summed E-state index contributed by atoms with van der Waals surface area (Å²) in [5.74, 6) is 0. The van der Waals surface area contributed by atoms with Crippen LogP contribution >= 0.6 is 15.9 Å². The highest BCUT2D eigenvalue weighted by molar-refractivity contribution is 9.10. The molecule has 2 aromatic carbocycles. The Morgan fingerprint density at radius 3 is 2.40 bits per heavy atom. The van der Waals surface area contributed by atoms with Gasteiger partial charge in [0.2, 0.25) is 0 Å². The van der Waals surface area contributed by atoms with Crippen molar-refractivity contribution in [3.63, 3.8) is 0 Å². The maximum Gasteiger partial charge on any atom is 0.291 e. The van der Waals surface area contributed by atoms with Gasteiger partial charge >= 0.3 is 0 Å². The van der Waals surface area contributed by atoms with Gasteiger partial charge in [-0.1, -0.05) is 40.2 Å². The maximum absolute atomic E-state index is 8.36. The minimum Gasteiger partial charge on any atom is -0.328 e. The summed E-state index contributed by atoms with van der Waals surface area (Å²) in [7, 11) is 0. The van der Waals surface area contributed by atoms with Gasteiger partial charge in [0.15, 0.2) is 0 Å². The summed E-state index contributed by atoms with van der Waals surface area (Å²) in [6.07, 6.45) is 0. The van der Waals surface area contributed by atoms with E-state index >= 15 is 0 Å². The van der Waals surface area contributed by atoms with Gasteiger partial charge in [-0.3, -0.25) is 4.98 Å². The number of benzene rings is 2. The van der Waals surface area contributed by atoms with E-state index in [0.29, 0.717) is 0 Å². The fraction of sp³-hybridized carbons (Fsp3) is 0.0714. The van der Waals surface area contributed by atoms with E-state index in [-0.39, 0.29) is 0 Å². The smallest absolute Gasteiger partial charge is 0.291 e. The zero-order valence-corrected chi connectivity index (χ0v) is 12.2. The molecule has 0 spiro atoms. The Morgan fingerprint density at radius 2 is 1.75 bits per heavy atom. The van der Waals surface area contributed by atoms with Crippen LogP contribution in [0.1, 0.15) is 5.69 Å². The van der Waals surface area contributed by atoms with Crippen molar-refractivity contribution >= 4 is 37.6 Å². The highest BCUT2D eigenvalue weighted by Gasteiger charge is 2.04. The van der Waals surface area contributed by atoms with Gasteiger partial charge in [0.1, 0.15) is 0 Å². The van der Waals surface area contributed by atoms with Crippen molar-refractivity contribution in [2.45, 2.75) is 6.92 Å². The minimum absolute atomic E-state index is 1.06. The molecule has 0 radical (unpaired) electrons. The molecule has 0 fully saturated rings. The lowest BCUT2D eigenvalue weighted by atomic mass is 10.0. The quantitative estimate of drug-likeness (QED) is 0.381. The summed E-state index contributed by atoms with van der Waals surface area (Å²) in [6.45, 7) is 2.06. The number of rotatable bonds is 0. The molecule has 0 aliphatic rings. The van der Waals surface area contributed by atoms with Crippen LogP contribution in [0.15, 0.2) is 46.9 Å². The summed E-state index contributed by atoms with van der Waals surface area (Å²) < 4.78 is 1.09. The number of hydrogen-bond donors (Lipinski definition) is 1. The molecule has 102 valence electrons. The molecular weight excluding hydrogens is 324 g/mol. The van der Waals surface area contributed by atoms with Gasteiger partial charge in [0.05, 0.1) is 5.52 Å². The summed E-state index contributed by atoms with van der Waals surface area (Å²) in [4.78, 5) is 13.0. The van der Waals surface area contributed by atoms with Crippen molar-refractivity contribution in [1.82, 2.24) is 4.98 Å². The Hall–Kier alpha value is -2.21. The molecular formula is C14H11BrN2O3. The Labute approximate surface area is 123 Å². The Balaban J connectivity index is 0.000000328. The van der Waals surface area contributed by atoms with E-state index in [2.05, 4.69) is 64.2 Å². The van der Waals surface area contributed by atoms with Crippen LogP contribution in [0.4, 0.5) is 0 Å². The van der Waals surface area contributed by atoms with Crippen molar-refractivity contribution in [3.05, 3.63) is 62.7 Å². The normalized spacial score (nSPS) is 10.1. The third-order valence-corrected chi connectivity index (χ3v) is 3.35. The molecule has 6 heteroatoms. The molecule has 0 unspecified atom stereocenters. The number of hydrogen-bond acceptors (Lipinski definition) is 3. The van der Waals surface area contributed by atoms with Crippen LogP contribution in [0, 0.1) is 17.0 Å². The minimum atomic E-state index is -1.50. The first-order chi connectivity index (χ1) is 9.49. The molecule has 1 heterocycles. The standard InChI is InChI=1S/C14H10BrN.HNO3/c1-9-11-4-2-3-5-12(11)13-8-10(15)6-7-14(13)16-9;2-1(3)4/h2-8H,1H3;(H,2,3,4). The zero-order valence-electron chi connectivity index (χ0n) is 10.6. The average Bonchev–Trinajstić information content (AvgIpc) is 2.39. The molecule has 0 bridgehead atoms. The molecule has 20 heavy (non-hydrogen) atoms. The van der Waals surface area contributed by atoms with Crippen LogP contribution in [-0.4, -0.2) is 15.3 Å². The van der Waals surface area contributed by atoms with E-state index in [1.54, 1.807) is 0 Å². The van der Waals surface area contributed by atoms with Crippen LogP contribution in [0.5, 0.6) is 0 Å². The van der Waals surface area contributed by atoms with Crippen LogP contribution in [-0.2, 0) is 0 Å². The largest absolute Gasteiger partial charge is 0.328 e. The highest BCUT2D eigenvalue weighted by Crippen LogP contribution is 2.28. The Morgan fingerprint density at radius 1 is 1.15 bits per heavy atom. The molecule has 0 atom stereocenters. The maximum atomic E-state index is 8.36. The zero-order chi connectivity index (χ0) is 14.7. The van der Waals surface area contributed by atoms with Crippen molar-refractivity contribution in [1.29, 1.82) is 0 Å². The number of pyridine rings is 1. The van der Waals surface area contributed by atoms with Crippen LogP contribution in [0.3, 0.4) is 0 Å². The van der Waals surface area contributed by atoms with Crippen LogP contribution in [0.2, 0.25) is 0 Å². The van der Waals surface area contributed by atoms with Crippen molar-refractivity contribution in [2.75, 3.05) is 0 Å². The fourth-order valence-corrected chi connectivity index (χ4v) is 2.46. The lowest BCUT2D eigenvalue weighted by Gasteiger charge is -2.06. The van der Waals surface area contributed by atoms with Gasteiger partial charge in [0.25, 0.3) is 5.09 Å². The number of fused-ring (bicyclic) bond motifs is 3. The molecule has 5 nitrogen and oxygen atoms in total. The van der Waals surface area contributed by atoms with Crippen LogP contribution < -0.4 is 0 Å². The number of halogens is 1. The van der Waals surface area contributed by atoms with Crippen LogP contribution in [0.25, 0.3) is 21.7 Å². The van der Waals surface area contributed by atoms with Gasteiger partial charge in [-0.15, -0.1) is 10.1 Å². The average molecular weight is 335 g/mol. The number of nitrogens with zero attached hydrogens (tertiary/aromatic N) is 2. The summed E-state index contributed by atoms with van der Waals surface area (Å²) >= 11 is 3.51. The van der Waals surface area contributed by atoms with Gasteiger partial charge in [0, 0.05) is 20.9 Å². The molecule has 0 aliphatic heterocycles. The second-order valence-electron chi connectivity index (χ2n) is 4.14. The second kappa shape index (κ2) is 5.83. The highest BCUT2D eigenvalue weighted by atomic mass is 79.9. The third-order valence-electron chi connectivity index (χ3n) is 2.85. The molecule has 3 rings (SSSR count). The van der Waals surface area contributed by atoms with Crippen molar-refractivity contribution in [2.24, 2.45) is 0 Å². The third kappa shape index (κ3) is 3.03. The van der Waals surface area contributed by atoms with E-state index in [4.69, 9.17) is 15.3 Å². The fourth-order valence-electron chi connectivity index (χ4n) is 2.10. The number of aromatic nitrogens is 1. The first-order valence-corrected chi connectivity index (χ1v) is 6.56. The molecule has 0 saturated carbocycles. The second-order valence-corrected chi connectivity index (χ2v) is 5.06. The molecule has 0 aliphatic carbocycles. The van der Waals surface area contributed by atoms with Gasteiger partial charge in [-0.05, 0) is 30.5 Å². The molecule has 0 saturated heterocycles. The first-order valence-electron chi connectivity index (χ1n) is 5.77. The predicted octanol–water partition coefficient (Wildman–Crippen LogP) is 4.11. The van der Waals surface area contributed by atoms with Gasteiger partial charge in [-0.2, -0.15) is 0 Å². The molecule has 0 amide bonds. The first kappa shape index (κ1) is 14.2. The Kier molecular flexibility index (Phi) is 4.14. The van der Waals surface area contributed by atoms with E-state index in [1.165, 1.54) is 16.2 Å².